The average molecular weight is 594 g/mol. The Bertz CT molecular complexity index is 1870. The van der Waals surface area contributed by atoms with Crippen LogP contribution in [-0.2, 0) is 30.2 Å². The van der Waals surface area contributed by atoms with E-state index >= 15 is 0 Å². The number of amides is 2. The average Bonchev–Trinajstić information content (AvgIpc) is 3.50. The normalized spacial score (nSPS) is 18.1. The monoisotopic (exact) mass is 593 g/mol. The summed E-state index contributed by atoms with van der Waals surface area (Å²) in [4.78, 5) is 62.2. The van der Waals surface area contributed by atoms with E-state index in [0.717, 1.165) is 4.57 Å². The quantitative estimate of drug-likeness (QED) is 0.326. The number of rotatable bonds is 5. The Hall–Kier alpha value is -4.29. The molecule has 0 aliphatic carbocycles. The summed E-state index contributed by atoms with van der Waals surface area (Å²) in [6.07, 6.45) is 0.0642. The highest BCUT2D eigenvalue weighted by molar-refractivity contribution is 6.32. The Balaban J connectivity index is 1.30. The highest BCUT2D eigenvalue weighted by Crippen LogP contribution is 2.32. The van der Waals surface area contributed by atoms with Crippen molar-refractivity contribution in [2.24, 2.45) is 14.1 Å². The summed E-state index contributed by atoms with van der Waals surface area (Å²) in [6.45, 7) is 3.58. The second-order valence-electron chi connectivity index (χ2n) is 10.7. The zero-order valence-corrected chi connectivity index (χ0v) is 24.1. The van der Waals surface area contributed by atoms with Crippen LogP contribution in [0.5, 0.6) is 0 Å². The van der Waals surface area contributed by atoms with E-state index in [-0.39, 0.29) is 35.9 Å². The van der Waals surface area contributed by atoms with Gasteiger partial charge in [-0.25, -0.2) is 14.1 Å². The SMILES string of the molecule is Cc1c(Cl)cccc1N1C(=O)CC(N2CCN(c3nc4c(c(=O)n(C)c(=O)n4C)n3Cc3ccccc3F)CC2)C1=O. The molecule has 218 valence electrons. The zero-order valence-electron chi connectivity index (χ0n) is 23.4. The predicted octanol–water partition coefficient (Wildman–Crippen LogP) is 2.04. The lowest BCUT2D eigenvalue weighted by Crippen LogP contribution is -2.53. The van der Waals surface area contributed by atoms with Gasteiger partial charge in [0, 0.05) is 50.9 Å². The summed E-state index contributed by atoms with van der Waals surface area (Å²) in [6, 6.07) is 10.9. The lowest BCUT2D eigenvalue weighted by Gasteiger charge is -2.37. The van der Waals surface area contributed by atoms with E-state index in [1.807, 2.05) is 9.80 Å². The van der Waals surface area contributed by atoms with Gasteiger partial charge in [-0.1, -0.05) is 35.9 Å². The summed E-state index contributed by atoms with van der Waals surface area (Å²) in [5.41, 5.74) is 0.911. The van der Waals surface area contributed by atoms with E-state index in [1.165, 1.54) is 22.6 Å². The fourth-order valence-corrected chi connectivity index (χ4v) is 6.02. The topological polar surface area (TPSA) is 106 Å². The van der Waals surface area contributed by atoms with Crippen molar-refractivity contribution in [3.8, 4) is 0 Å². The molecule has 0 saturated carbocycles. The molecule has 0 radical (unpaired) electrons. The van der Waals surface area contributed by atoms with Gasteiger partial charge in [-0.2, -0.15) is 4.98 Å². The van der Waals surface area contributed by atoms with Gasteiger partial charge in [0.05, 0.1) is 24.7 Å². The molecule has 2 aromatic heterocycles. The van der Waals surface area contributed by atoms with Crippen molar-refractivity contribution in [1.82, 2.24) is 23.6 Å². The number of aryl methyl sites for hydroxylation is 1. The maximum Gasteiger partial charge on any atom is 0.332 e. The lowest BCUT2D eigenvalue weighted by atomic mass is 10.1. The molecule has 42 heavy (non-hydrogen) atoms. The van der Waals surface area contributed by atoms with E-state index in [0.29, 0.717) is 54.0 Å². The number of carbonyl (C=O) groups excluding carboxylic acids is 2. The number of hydrogen-bond acceptors (Lipinski definition) is 7. The molecule has 2 fully saturated rings. The molecule has 0 bridgehead atoms. The smallest absolute Gasteiger partial charge is 0.332 e. The van der Waals surface area contributed by atoms with Crippen LogP contribution in [0.25, 0.3) is 11.2 Å². The molecule has 4 heterocycles. The van der Waals surface area contributed by atoms with Crippen molar-refractivity contribution in [2.75, 3.05) is 36.0 Å². The first-order chi connectivity index (χ1) is 20.1. The maximum absolute atomic E-state index is 14.7. The van der Waals surface area contributed by atoms with E-state index in [1.54, 1.807) is 54.9 Å². The third kappa shape index (κ3) is 4.42. The molecule has 11 nitrogen and oxygen atoms in total. The molecule has 1 unspecified atom stereocenters. The molecule has 2 aromatic carbocycles. The van der Waals surface area contributed by atoms with Gasteiger partial charge in [0.1, 0.15) is 5.82 Å². The minimum absolute atomic E-state index is 0.0374. The highest BCUT2D eigenvalue weighted by atomic mass is 35.5. The first kappa shape index (κ1) is 27.9. The first-order valence-corrected chi connectivity index (χ1v) is 14.0. The molecule has 0 N–H and O–H groups in total. The first-order valence-electron chi connectivity index (χ1n) is 13.6. The van der Waals surface area contributed by atoms with Crippen molar-refractivity contribution >= 4 is 46.2 Å². The number of aromatic nitrogens is 4. The number of hydrogen-bond donors (Lipinski definition) is 0. The fourth-order valence-electron chi connectivity index (χ4n) is 5.85. The number of halogens is 2. The number of carbonyl (C=O) groups is 2. The summed E-state index contributed by atoms with van der Waals surface area (Å²) in [5.74, 6) is -0.553. The minimum Gasteiger partial charge on any atom is -0.340 e. The maximum atomic E-state index is 14.7. The summed E-state index contributed by atoms with van der Waals surface area (Å²) in [5, 5.41) is 0.482. The number of piperazine rings is 1. The molecule has 2 aliphatic rings. The van der Waals surface area contributed by atoms with Gasteiger partial charge in [-0.3, -0.25) is 33.0 Å². The molecule has 0 spiro atoms. The van der Waals surface area contributed by atoms with Crippen LogP contribution >= 0.6 is 11.6 Å². The van der Waals surface area contributed by atoms with Gasteiger partial charge < -0.3 is 4.90 Å². The molecule has 4 aromatic rings. The molecule has 2 aliphatic heterocycles. The summed E-state index contributed by atoms with van der Waals surface area (Å²) in [7, 11) is 2.94. The molecule has 6 rings (SSSR count). The third-order valence-electron chi connectivity index (χ3n) is 8.25. The number of imidazole rings is 1. The van der Waals surface area contributed by atoms with E-state index in [2.05, 4.69) is 0 Å². The van der Waals surface area contributed by atoms with Crippen LogP contribution in [0.3, 0.4) is 0 Å². The van der Waals surface area contributed by atoms with Crippen LogP contribution < -0.4 is 21.0 Å². The van der Waals surface area contributed by atoms with Crippen LogP contribution in [-0.4, -0.2) is 67.6 Å². The Morgan fingerprint density at radius 2 is 1.67 bits per heavy atom. The zero-order chi connectivity index (χ0) is 29.9. The summed E-state index contributed by atoms with van der Waals surface area (Å²) >= 11 is 6.25. The van der Waals surface area contributed by atoms with Gasteiger partial charge in [-0.15, -0.1) is 0 Å². The van der Waals surface area contributed by atoms with Crippen LogP contribution in [0.2, 0.25) is 5.02 Å². The standard InChI is InChI=1S/C29H29ClFN7O4/c1-17-19(30)8-6-10-21(17)38-23(39)15-22(26(38)40)35-11-13-36(14-12-35)28-32-25-24(27(41)34(3)29(42)33(25)2)37(28)16-18-7-4-5-9-20(18)31/h4-10,22H,11-16H2,1-3H3. The van der Waals surface area contributed by atoms with E-state index in [4.69, 9.17) is 16.6 Å². The number of fused-ring (bicyclic) bond motifs is 1. The predicted molar refractivity (Wildman–Crippen MR) is 157 cm³/mol. The molecule has 13 heteroatoms. The van der Waals surface area contributed by atoms with E-state index < -0.39 is 23.1 Å². The van der Waals surface area contributed by atoms with Gasteiger partial charge >= 0.3 is 5.69 Å². The minimum atomic E-state index is -0.608. The van der Waals surface area contributed by atoms with Crippen molar-refractivity contribution in [1.29, 1.82) is 0 Å². The molecule has 2 saturated heterocycles. The van der Waals surface area contributed by atoms with Crippen LogP contribution in [0, 0.1) is 12.7 Å². The van der Waals surface area contributed by atoms with Gasteiger partial charge in [0.25, 0.3) is 11.5 Å². The van der Waals surface area contributed by atoms with Crippen molar-refractivity contribution in [2.45, 2.75) is 25.9 Å². The Labute approximate surface area is 244 Å². The number of anilines is 2. The van der Waals surface area contributed by atoms with Gasteiger partial charge in [-0.05, 0) is 30.7 Å². The number of imide groups is 1. The second kappa shape index (κ2) is 10.5. The van der Waals surface area contributed by atoms with Gasteiger partial charge in [0.15, 0.2) is 11.2 Å². The Morgan fingerprint density at radius 1 is 0.952 bits per heavy atom. The summed E-state index contributed by atoms with van der Waals surface area (Å²) < 4.78 is 18.7. The van der Waals surface area contributed by atoms with Crippen molar-refractivity contribution < 1.29 is 14.0 Å². The second-order valence-corrected chi connectivity index (χ2v) is 11.1. The van der Waals surface area contributed by atoms with Crippen molar-refractivity contribution in [3.63, 3.8) is 0 Å². The molecule has 1 atom stereocenters. The number of nitrogens with zero attached hydrogens (tertiary/aromatic N) is 7. The fraction of sp³-hybridized carbons (Fsp3) is 0.345. The molecular formula is C29H29ClFN7O4. The Kier molecular flexibility index (Phi) is 6.98. The number of benzene rings is 2. The lowest BCUT2D eigenvalue weighted by molar-refractivity contribution is -0.123. The molecule has 2 amide bonds. The van der Waals surface area contributed by atoms with Crippen LogP contribution in [0.1, 0.15) is 17.5 Å². The van der Waals surface area contributed by atoms with Gasteiger partial charge in [0.2, 0.25) is 11.9 Å². The highest BCUT2D eigenvalue weighted by Gasteiger charge is 2.44. The Morgan fingerprint density at radius 3 is 2.38 bits per heavy atom. The largest absolute Gasteiger partial charge is 0.340 e. The third-order valence-corrected chi connectivity index (χ3v) is 8.66. The van der Waals surface area contributed by atoms with Crippen molar-refractivity contribution in [3.05, 3.63) is 85.3 Å². The van der Waals surface area contributed by atoms with Crippen LogP contribution in [0.4, 0.5) is 16.0 Å². The molecular weight excluding hydrogens is 565 g/mol. The van der Waals surface area contributed by atoms with Crippen LogP contribution in [0.15, 0.2) is 52.1 Å². The van der Waals surface area contributed by atoms with E-state index in [9.17, 15) is 23.6 Å².